The molecule has 1 aliphatic carbocycles. The van der Waals surface area contributed by atoms with E-state index in [4.69, 9.17) is 14.7 Å². The highest BCUT2D eigenvalue weighted by Gasteiger charge is 2.21. The lowest BCUT2D eigenvalue weighted by Crippen LogP contribution is -1.99. The first-order chi connectivity index (χ1) is 9.36. The summed E-state index contributed by atoms with van der Waals surface area (Å²) in [5.41, 5.74) is 5.52. The standard InChI is InChI=1S/C14H19N3O2/c15-9-11-7-8-12(18-11)14-16-13(17-19-14)10-5-3-1-2-4-6-10/h7-8,10H,1-6,9,15H2. The van der Waals surface area contributed by atoms with Crippen molar-refractivity contribution in [3.63, 3.8) is 0 Å². The second-order valence-electron chi connectivity index (χ2n) is 5.12. The van der Waals surface area contributed by atoms with Crippen LogP contribution < -0.4 is 5.73 Å². The molecule has 2 N–H and O–H groups in total. The molecule has 2 heterocycles. The maximum Gasteiger partial charge on any atom is 0.293 e. The normalized spacial score (nSPS) is 17.5. The van der Waals surface area contributed by atoms with Crippen LogP contribution in [0.25, 0.3) is 11.7 Å². The van der Waals surface area contributed by atoms with E-state index in [1.807, 2.05) is 12.1 Å². The molecule has 0 bridgehead atoms. The van der Waals surface area contributed by atoms with Gasteiger partial charge in [-0.05, 0) is 25.0 Å². The van der Waals surface area contributed by atoms with E-state index in [1.54, 1.807) is 0 Å². The van der Waals surface area contributed by atoms with Crippen molar-refractivity contribution in [2.45, 2.75) is 51.0 Å². The van der Waals surface area contributed by atoms with Crippen molar-refractivity contribution in [2.24, 2.45) is 5.73 Å². The van der Waals surface area contributed by atoms with Gasteiger partial charge in [-0.3, -0.25) is 0 Å². The second kappa shape index (κ2) is 5.57. The van der Waals surface area contributed by atoms with Crippen LogP contribution in [0.5, 0.6) is 0 Å². The Balaban J connectivity index is 1.78. The quantitative estimate of drug-likeness (QED) is 0.858. The summed E-state index contributed by atoms with van der Waals surface area (Å²) >= 11 is 0. The van der Waals surface area contributed by atoms with Crippen LogP contribution in [0.4, 0.5) is 0 Å². The van der Waals surface area contributed by atoms with Crippen LogP contribution in [0.15, 0.2) is 21.1 Å². The molecule has 0 spiro atoms. The van der Waals surface area contributed by atoms with Crippen LogP contribution in [0.2, 0.25) is 0 Å². The highest BCUT2D eigenvalue weighted by atomic mass is 16.5. The zero-order chi connectivity index (χ0) is 13.1. The van der Waals surface area contributed by atoms with Gasteiger partial charge in [0.05, 0.1) is 6.54 Å². The molecule has 0 aliphatic heterocycles. The Morgan fingerprint density at radius 3 is 2.63 bits per heavy atom. The van der Waals surface area contributed by atoms with Gasteiger partial charge in [-0.1, -0.05) is 30.8 Å². The van der Waals surface area contributed by atoms with E-state index in [9.17, 15) is 0 Å². The van der Waals surface area contributed by atoms with Gasteiger partial charge in [0.1, 0.15) is 5.76 Å². The summed E-state index contributed by atoms with van der Waals surface area (Å²) in [6.07, 6.45) is 7.47. The van der Waals surface area contributed by atoms with Gasteiger partial charge >= 0.3 is 0 Å². The number of nitrogens with two attached hydrogens (primary N) is 1. The smallest absolute Gasteiger partial charge is 0.293 e. The SMILES string of the molecule is NCc1ccc(-c2nc(C3CCCCCC3)no2)o1. The molecule has 2 aromatic rings. The minimum Gasteiger partial charge on any atom is -0.455 e. The number of hydrogen-bond donors (Lipinski definition) is 1. The van der Waals surface area contributed by atoms with E-state index >= 15 is 0 Å². The lowest BCUT2D eigenvalue weighted by Gasteiger charge is -2.07. The molecule has 5 nitrogen and oxygen atoms in total. The van der Waals surface area contributed by atoms with Gasteiger partial charge in [0, 0.05) is 5.92 Å². The zero-order valence-electron chi connectivity index (χ0n) is 11.0. The first-order valence-corrected chi connectivity index (χ1v) is 6.99. The summed E-state index contributed by atoms with van der Waals surface area (Å²) < 4.78 is 10.8. The Hall–Kier alpha value is -1.62. The Labute approximate surface area is 112 Å². The lowest BCUT2D eigenvalue weighted by molar-refractivity contribution is 0.396. The van der Waals surface area contributed by atoms with Crippen LogP contribution in [-0.2, 0) is 6.54 Å². The predicted octanol–water partition coefficient (Wildman–Crippen LogP) is 3.23. The highest BCUT2D eigenvalue weighted by molar-refractivity contribution is 5.44. The third kappa shape index (κ3) is 2.71. The molecule has 102 valence electrons. The van der Waals surface area contributed by atoms with Crippen molar-refractivity contribution in [1.29, 1.82) is 0 Å². The number of aromatic nitrogens is 2. The van der Waals surface area contributed by atoms with Gasteiger partial charge < -0.3 is 14.7 Å². The monoisotopic (exact) mass is 261 g/mol. The molecule has 19 heavy (non-hydrogen) atoms. The summed E-state index contributed by atoms with van der Waals surface area (Å²) in [6, 6.07) is 3.66. The number of furan rings is 1. The first-order valence-electron chi connectivity index (χ1n) is 6.99. The summed E-state index contributed by atoms with van der Waals surface area (Å²) in [7, 11) is 0. The number of nitrogens with zero attached hydrogens (tertiary/aromatic N) is 2. The van der Waals surface area contributed by atoms with Crippen molar-refractivity contribution in [1.82, 2.24) is 10.1 Å². The van der Waals surface area contributed by atoms with Crippen molar-refractivity contribution in [2.75, 3.05) is 0 Å². The van der Waals surface area contributed by atoms with E-state index in [1.165, 1.54) is 25.7 Å². The molecule has 1 fully saturated rings. The molecule has 0 amide bonds. The molecule has 5 heteroatoms. The van der Waals surface area contributed by atoms with Gasteiger partial charge in [0.2, 0.25) is 0 Å². The van der Waals surface area contributed by atoms with Gasteiger partial charge in [0.15, 0.2) is 11.6 Å². The molecule has 1 saturated carbocycles. The highest BCUT2D eigenvalue weighted by Crippen LogP contribution is 2.31. The van der Waals surface area contributed by atoms with Crippen molar-refractivity contribution >= 4 is 0 Å². The van der Waals surface area contributed by atoms with Crippen LogP contribution in [0, 0.1) is 0 Å². The summed E-state index contributed by atoms with van der Waals surface area (Å²) in [6.45, 7) is 0.379. The Bertz CT molecular complexity index is 524. The molecule has 0 unspecified atom stereocenters. The number of hydrogen-bond acceptors (Lipinski definition) is 5. The fourth-order valence-corrected chi connectivity index (χ4v) is 2.64. The van der Waals surface area contributed by atoms with E-state index in [2.05, 4.69) is 10.1 Å². The topological polar surface area (TPSA) is 78.1 Å². The van der Waals surface area contributed by atoms with Gasteiger partial charge in [-0.25, -0.2) is 0 Å². The van der Waals surface area contributed by atoms with Crippen LogP contribution in [0.1, 0.15) is 56.0 Å². The van der Waals surface area contributed by atoms with Gasteiger partial charge in [0.25, 0.3) is 5.89 Å². The maximum absolute atomic E-state index is 5.52. The van der Waals surface area contributed by atoms with Crippen molar-refractivity contribution in [3.05, 3.63) is 23.7 Å². The largest absolute Gasteiger partial charge is 0.455 e. The van der Waals surface area contributed by atoms with Crippen LogP contribution in [0.3, 0.4) is 0 Å². The molecule has 0 aromatic carbocycles. The molecular weight excluding hydrogens is 242 g/mol. The molecule has 3 rings (SSSR count). The van der Waals surface area contributed by atoms with Crippen molar-refractivity contribution < 1.29 is 8.94 Å². The lowest BCUT2D eigenvalue weighted by atomic mass is 10.00. The zero-order valence-corrected chi connectivity index (χ0v) is 11.0. The average Bonchev–Trinajstić information content (AvgIpc) is 3.02. The van der Waals surface area contributed by atoms with E-state index in [0.717, 1.165) is 24.4 Å². The fourth-order valence-electron chi connectivity index (χ4n) is 2.64. The van der Waals surface area contributed by atoms with E-state index in [0.29, 0.717) is 24.1 Å². The fraction of sp³-hybridized carbons (Fsp3) is 0.571. The first kappa shape index (κ1) is 12.4. The Morgan fingerprint density at radius 1 is 1.16 bits per heavy atom. The van der Waals surface area contributed by atoms with E-state index in [-0.39, 0.29) is 0 Å². The third-order valence-corrected chi connectivity index (χ3v) is 3.74. The van der Waals surface area contributed by atoms with E-state index < -0.39 is 0 Å². The minimum absolute atomic E-state index is 0.379. The Morgan fingerprint density at radius 2 is 1.95 bits per heavy atom. The van der Waals surface area contributed by atoms with Crippen LogP contribution >= 0.6 is 0 Å². The molecule has 0 saturated heterocycles. The summed E-state index contributed by atoms with van der Waals surface area (Å²) in [5.74, 6) is 3.04. The summed E-state index contributed by atoms with van der Waals surface area (Å²) in [5, 5.41) is 4.12. The predicted molar refractivity (Wildman–Crippen MR) is 70.3 cm³/mol. The molecule has 1 aliphatic rings. The Kier molecular flexibility index (Phi) is 3.64. The molecular formula is C14H19N3O2. The minimum atomic E-state index is 0.379. The average molecular weight is 261 g/mol. The third-order valence-electron chi connectivity index (χ3n) is 3.74. The molecule has 2 aromatic heterocycles. The van der Waals surface area contributed by atoms with Gasteiger partial charge in [-0.15, -0.1) is 0 Å². The van der Waals surface area contributed by atoms with Crippen molar-refractivity contribution in [3.8, 4) is 11.7 Å². The molecule has 0 atom stereocenters. The molecule has 0 radical (unpaired) electrons. The van der Waals surface area contributed by atoms with Crippen LogP contribution in [-0.4, -0.2) is 10.1 Å². The maximum atomic E-state index is 5.52. The number of rotatable bonds is 3. The second-order valence-corrected chi connectivity index (χ2v) is 5.12. The van der Waals surface area contributed by atoms with Gasteiger partial charge in [-0.2, -0.15) is 4.98 Å². The summed E-state index contributed by atoms with van der Waals surface area (Å²) in [4.78, 5) is 4.48.